The first-order valence-corrected chi connectivity index (χ1v) is 14.8. The number of hydrogen-bond donors (Lipinski definition) is 1. The molecule has 3 aromatic heterocycles. The van der Waals surface area contributed by atoms with Crippen LogP contribution < -0.4 is 9.62 Å². The fourth-order valence-electron chi connectivity index (χ4n) is 4.69. The highest BCUT2D eigenvalue weighted by Gasteiger charge is 2.48. The van der Waals surface area contributed by atoms with Crippen LogP contribution in [0.25, 0.3) is 16.3 Å². The number of amides is 1. The van der Waals surface area contributed by atoms with E-state index in [-0.39, 0.29) is 11.8 Å². The molecule has 3 aromatic rings. The minimum atomic E-state index is -0.527. The summed E-state index contributed by atoms with van der Waals surface area (Å²) >= 11 is 9.53. The fourth-order valence-corrected chi connectivity index (χ4v) is 6.91. The van der Waals surface area contributed by atoms with E-state index in [0.29, 0.717) is 47.2 Å². The molecule has 0 spiro atoms. The minimum Gasteiger partial charge on any atom is -0.366 e. The highest BCUT2D eigenvalue weighted by Crippen LogP contribution is 2.49. The average Bonchev–Trinajstić information content (AvgIpc) is 3.83. The van der Waals surface area contributed by atoms with E-state index in [4.69, 9.17) is 11.6 Å². The molecule has 4 heterocycles. The topological polar surface area (TPSA) is 102 Å². The first-order chi connectivity index (χ1) is 18.3. The van der Waals surface area contributed by atoms with Crippen LogP contribution in [0.1, 0.15) is 44.5 Å². The van der Waals surface area contributed by atoms with Crippen LogP contribution >= 0.6 is 34.9 Å². The number of piperazine rings is 1. The molecule has 0 unspecified atom stereocenters. The van der Waals surface area contributed by atoms with Crippen molar-refractivity contribution in [3.63, 3.8) is 0 Å². The summed E-state index contributed by atoms with van der Waals surface area (Å²) in [6.07, 6.45) is 5.15. The van der Waals surface area contributed by atoms with Gasteiger partial charge in [0.1, 0.15) is 22.6 Å². The van der Waals surface area contributed by atoms with Gasteiger partial charge in [0.2, 0.25) is 5.91 Å². The van der Waals surface area contributed by atoms with E-state index in [1.807, 2.05) is 29.3 Å². The molecule has 1 amide bonds. The number of nitriles is 1. The van der Waals surface area contributed by atoms with Crippen molar-refractivity contribution in [1.29, 1.82) is 5.26 Å². The maximum atomic E-state index is 13.6. The maximum absolute atomic E-state index is 13.6. The predicted molar refractivity (Wildman–Crippen MR) is 146 cm³/mol. The van der Waals surface area contributed by atoms with Crippen molar-refractivity contribution < 1.29 is 9.18 Å². The summed E-state index contributed by atoms with van der Waals surface area (Å²) in [5.74, 6) is 0.682. The smallest absolute Gasteiger partial charge is 0.225 e. The Bertz CT molecular complexity index is 1430. The Morgan fingerprint density at radius 1 is 1.26 bits per heavy atom. The number of carbonyl (C=O) groups excluding carboxylic acids is 1. The number of imidazole rings is 1. The second-order valence-electron chi connectivity index (χ2n) is 10.7. The summed E-state index contributed by atoms with van der Waals surface area (Å²) in [5.41, 5.74) is 0.672. The molecule has 38 heavy (non-hydrogen) atoms. The van der Waals surface area contributed by atoms with E-state index in [9.17, 15) is 14.4 Å². The van der Waals surface area contributed by atoms with Gasteiger partial charge in [0.25, 0.3) is 0 Å². The first-order valence-electron chi connectivity index (χ1n) is 12.8. The Morgan fingerprint density at radius 3 is 2.61 bits per heavy atom. The summed E-state index contributed by atoms with van der Waals surface area (Å²) in [7, 11) is 0. The van der Waals surface area contributed by atoms with Crippen LogP contribution in [-0.4, -0.2) is 68.8 Å². The van der Waals surface area contributed by atoms with E-state index in [2.05, 4.69) is 36.9 Å². The van der Waals surface area contributed by atoms with Gasteiger partial charge in [-0.25, -0.2) is 9.37 Å². The SMILES string of the molecule is CC(C)C(=O)N1CCN(c2cc(SNC3(CF)CC3)cn3c(-c4nnc(C5(C#N)CC5)s4)nc(Cl)c23)CC1. The summed E-state index contributed by atoms with van der Waals surface area (Å²) in [6, 6.07) is 4.43. The van der Waals surface area contributed by atoms with Gasteiger partial charge in [0.05, 0.1) is 17.3 Å². The predicted octanol–water partition coefficient (Wildman–Crippen LogP) is 4.46. The van der Waals surface area contributed by atoms with E-state index >= 15 is 0 Å². The van der Waals surface area contributed by atoms with Crippen molar-refractivity contribution >= 4 is 52.0 Å². The molecule has 3 aliphatic rings. The summed E-state index contributed by atoms with van der Waals surface area (Å²) in [6.45, 7) is 6.01. The van der Waals surface area contributed by atoms with Crippen LogP contribution in [0.2, 0.25) is 5.15 Å². The molecule has 1 aliphatic heterocycles. The molecule has 13 heteroatoms. The second kappa shape index (κ2) is 9.62. The lowest BCUT2D eigenvalue weighted by molar-refractivity contribution is -0.134. The van der Waals surface area contributed by atoms with Crippen LogP contribution in [-0.2, 0) is 10.2 Å². The minimum absolute atomic E-state index is 0.0382. The molecular formula is C25H28ClFN8OS2. The van der Waals surface area contributed by atoms with Crippen molar-refractivity contribution in [3.05, 3.63) is 22.4 Å². The van der Waals surface area contributed by atoms with Gasteiger partial charge in [-0.15, -0.1) is 10.2 Å². The van der Waals surface area contributed by atoms with Gasteiger partial charge in [-0.2, -0.15) is 5.26 Å². The number of rotatable bonds is 8. The van der Waals surface area contributed by atoms with Crippen LogP contribution in [0.5, 0.6) is 0 Å². The number of carbonyl (C=O) groups is 1. The third kappa shape index (κ3) is 4.53. The normalized spacial score (nSPS) is 19.7. The number of anilines is 1. The molecule has 0 radical (unpaired) electrons. The number of fused-ring (bicyclic) bond motifs is 1. The lowest BCUT2D eigenvalue weighted by Crippen LogP contribution is -2.50. The van der Waals surface area contributed by atoms with Gasteiger partial charge in [-0.05, 0) is 43.7 Å². The van der Waals surface area contributed by atoms with E-state index in [1.165, 1.54) is 23.3 Å². The second-order valence-corrected chi connectivity index (χ2v) is 12.9. The zero-order valence-corrected chi connectivity index (χ0v) is 23.6. The molecule has 6 rings (SSSR count). The molecule has 9 nitrogen and oxygen atoms in total. The zero-order chi connectivity index (χ0) is 26.7. The van der Waals surface area contributed by atoms with Crippen LogP contribution in [0.15, 0.2) is 17.2 Å². The van der Waals surface area contributed by atoms with Crippen molar-refractivity contribution in [2.75, 3.05) is 37.8 Å². The van der Waals surface area contributed by atoms with E-state index < -0.39 is 17.6 Å². The third-order valence-corrected chi connectivity index (χ3v) is 9.94. The lowest BCUT2D eigenvalue weighted by atomic mass is 10.1. The highest BCUT2D eigenvalue weighted by molar-refractivity contribution is 7.97. The number of nitrogens with zero attached hydrogens (tertiary/aromatic N) is 7. The van der Waals surface area contributed by atoms with Crippen molar-refractivity contribution in [3.8, 4) is 16.9 Å². The van der Waals surface area contributed by atoms with E-state index in [1.54, 1.807) is 0 Å². The van der Waals surface area contributed by atoms with Gasteiger partial charge >= 0.3 is 0 Å². The Hall–Kier alpha value is -2.46. The maximum Gasteiger partial charge on any atom is 0.225 e. The number of pyridine rings is 1. The molecule has 1 N–H and O–H groups in total. The Morgan fingerprint density at radius 2 is 2.00 bits per heavy atom. The van der Waals surface area contributed by atoms with Crippen molar-refractivity contribution in [2.45, 2.75) is 55.4 Å². The van der Waals surface area contributed by atoms with Crippen molar-refractivity contribution in [1.82, 2.24) is 29.2 Å². The molecular weight excluding hydrogens is 547 g/mol. The standard InChI is InChI=1S/C25H28ClFN8OS2/c1-15(2)22(36)34-9-7-33(8-10-34)17-11-16(38-32-25(13-27)5-6-25)12-35-18(17)19(26)29-20(35)21-30-31-23(37-21)24(14-28)3-4-24/h11-12,15,32H,3-10,13H2,1-2H3. The fraction of sp³-hybridized carbons (Fsp3) is 0.560. The molecule has 2 saturated carbocycles. The quantitative estimate of drug-likeness (QED) is 0.393. The number of nitrogens with one attached hydrogen (secondary N) is 1. The molecule has 2 aliphatic carbocycles. The van der Waals surface area contributed by atoms with Gasteiger partial charge in [0.15, 0.2) is 16.0 Å². The molecule has 1 saturated heterocycles. The van der Waals surface area contributed by atoms with Gasteiger partial charge in [-0.1, -0.05) is 36.8 Å². The molecule has 200 valence electrons. The summed E-state index contributed by atoms with van der Waals surface area (Å²) < 4.78 is 18.8. The summed E-state index contributed by atoms with van der Waals surface area (Å²) in [4.78, 5) is 22.2. The average molecular weight is 575 g/mol. The largest absolute Gasteiger partial charge is 0.366 e. The van der Waals surface area contributed by atoms with Gasteiger partial charge < -0.3 is 9.80 Å². The summed E-state index contributed by atoms with van der Waals surface area (Å²) in [5, 5.41) is 19.9. The van der Waals surface area contributed by atoms with Gasteiger partial charge in [0, 0.05) is 43.2 Å². The Kier molecular flexibility index (Phi) is 6.53. The monoisotopic (exact) mass is 574 g/mol. The lowest BCUT2D eigenvalue weighted by Gasteiger charge is -2.37. The first kappa shape index (κ1) is 25.8. The number of alkyl halides is 1. The molecule has 0 aromatic carbocycles. The van der Waals surface area contributed by atoms with Crippen LogP contribution in [0, 0.1) is 17.2 Å². The van der Waals surface area contributed by atoms with E-state index in [0.717, 1.165) is 41.8 Å². The Labute approximate surface area is 233 Å². The highest BCUT2D eigenvalue weighted by atomic mass is 35.5. The molecule has 0 atom stereocenters. The third-order valence-electron chi connectivity index (χ3n) is 7.56. The molecule has 3 fully saturated rings. The van der Waals surface area contributed by atoms with Crippen molar-refractivity contribution in [2.24, 2.45) is 5.92 Å². The number of hydrogen-bond acceptors (Lipinski definition) is 9. The zero-order valence-electron chi connectivity index (χ0n) is 21.2. The van der Waals surface area contributed by atoms with Crippen LogP contribution in [0.4, 0.5) is 10.1 Å². The number of aromatic nitrogens is 4. The molecule has 0 bridgehead atoms. The Balaban J connectivity index is 1.37. The van der Waals surface area contributed by atoms with Crippen LogP contribution in [0.3, 0.4) is 0 Å². The number of halogens is 2. The van der Waals surface area contributed by atoms with Gasteiger partial charge in [-0.3, -0.25) is 13.9 Å².